The molecular formula is C11H17BrN2O. The maximum Gasteiger partial charge on any atom is 0.267 e. The summed E-state index contributed by atoms with van der Waals surface area (Å²) in [6.45, 7) is 9.02. The third-order valence-electron chi connectivity index (χ3n) is 2.26. The summed E-state index contributed by atoms with van der Waals surface area (Å²) in [6.07, 6.45) is 2.58. The second kappa shape index (κ2) is 4.47. The molecule has 0 atom stereocenters. The molecule has 0 aromatic carbocycles. The molecule has 0 amide bonds. The molecule has 1 aromatic rings. The van der Waals surface area contributed by atoms with Gasteiger partial charge in [0.25, 0.3) is 5.56 Å². The Morgan fingerprint density at radius 3 is 2.60 bits per heavy atom. The van der Waals surface area contributed by atoms with E-state index in [1.165, 1.54) is 0 Å². The first-order valence-corrected chi connectivity index (χ1v) is 5.82. The molecule has 1 heterocycles. The van der Waals surface area contributed by atoms with Crippen LogP contribution in [0.15, 0.2) is 15.6 Å². The molecule has 0 unspecified atom stereocenters. The minimum absolute atomic E-state index is 0.00625. The maximum atomic E-state index is 11.8. The highest BCUT2D eigenvalue weighted by molar-refractivity contribution is 9.10. The predicted octanol–water partition coefficient (Wildman–Crippen LogP) is 2.75. The Hall–Kier alpha value is -0.640. The molecule has 0 saturated carbocycles. The van der Waals surface area contributed by atoms with E-state index >= 15 is 0 Å². The van der Waals surface area contributed by atoms with Crippen LogP contribution in [0, 0.1) is 12.3 Å². The summed E-state index contributed by atoms with van der Waals surface area (Å²) in [7, 11) is 0. The van der Waals surface area contributed by atoms with Crippen LogP contribution in [0.2, 0.25) is 0 Å². The van der Waals surface area contributed by atoms with Gasteiger partial charge in [0.2, 0.25) is 0 Å². The third kappa shape index (κ3) is 3.45. The van der Waals surface area contributed by atoms with E-state index in [9.17, 15) is 4.79 Å². The number of aryl methyl sites for hydroxylation is 2. The van der Waals surface area contributed by atoms with Gasteiger partial charge >= 0.3 is 0 Å². The van der Waals surface area contributed by atoms with Gasteiger partial charge in [0.1, 0.15) is 4.47 Å². The highest BCUT2D eigenvalue weighted by Crippen LogP contribution is 2.19. The van der Waals surface area contributed by atoms with Crippen molar-refractivity contribution in [2.45, 2.75) is 40.7 Å². The lowest BCUT2D eigenvalue weighted by molar-refractivity contribution is 0.346. The molecule has 1 rings (SSSR count). The van der Waals surface area contributed by atoms with Gasteiger partial charge in [-0.1, -0.05) is 20.8 Å². The van der Waals surface area contributed by atoms with Crippen molar-refractivity contribution in [3.63, 3.8) is 0 Å². The number of halogens is 1. The van der Waals surface area contributed by atoms with Gasteiger partial charge in [-0.15, -0.1) is 0 Å². The molecule has 1 aromatic heterocycles. The van der Waals surface area contributed by atoms with Crippen molar-refractivity contribution in [1.82, 2.24) is 9.55 Å². The molecule has 0 radical (unpaired) electrons. The molecule has 0 saturated heterocycles. The van der Waals surface area contributed by atoms with Gasteiger partial charge in [-0.2, -0.15) is 0 Å². The summed E-state index contributed by atoms with van der Waals surface area (Å²) in [5.41, 5.74) is 0.982. The standard InChI is InChI=1S/C11H17BrN2O/c1-8-9(12)10(15)14(7-13-8)6-5-11(2,3)4/h7H,5-6H2,1-4H3. The fourth-order valence-corrected chi connectivity index (χ4v) is 1.49. The summed E-state index contributed by atoms with van der Waals surface area (Å²) in [4.78, 5) is 15.9. The quantitative estimate of drug-likeness (QED) is 0.830. The number of aromatic nitrogens is 2. The fraction of sp³-hybridized carbons (Fsp3) is 0.636. The molecule has 0 N–H and O–H groups in total. The van der Waals surface area contributed by atoms with Gasteiger partial charge in [-0.3, -0.25) is 9.36 Å². The van der Waals surface area contributed by atoms with Crippen LogP contribution >= 0.6 is 15.9 Å². The summed E-state index contributed by atoms with van der Waals surface area (Å²) in [5.74, 6) is 0. The number of nitrogens with zero attached hydrogens (tertiary/aromatic N) is 2. The van der Waals surface area contributed by atoms with Crippen LogP contribution in [0.4, 0.5) is 0 Å². The minimum Gasteiger partial charge on any atom is -0.298 e. The van der Waals surface area contributed by atoms with E-state index in [-0.39, 0.29) is 11.0 Å². The van der Waals surface area contributed by atoms with Crippen LogP contribution in [-0.4, -0.2) is 9.55 Å². The lowest BCUT2D eigenvalue weighted by atomic mass is 9.92. The van der Waals surface area contributed by atoms with E-state index in [1.54, 1.807) is 10.9 Å². The Morgan fingerprint density at radius 1 is 1.47 bits per heavy atom. The second-order valence-corrected chi connectivity index (χ2v) is 5.75. The molecule has 0 fully saturated rings. The van der Waals surface area contributed by atoms with Gasteiger partial charge in [0, 0.05) is 6.54 Å². The zero-order chi connectivity index (χ0) is 11.6. The van der Waals surface area contributed by atoms with Gasteiger partial charge in [0.15, 0.2) is 0 Å². The van der Waals surface area contributed by atoms with Crippen molar-refractivity contribution in [3.8, 4) is 0 Å². The van der Waals surface area contributed by atoms with Crippen LogP contribution in [0.3, 0.4) is 0 Å². The fourth-order valence-electron chi connectivity index (χ4n) is 1.16. The van der Waals surface area contributed by atoms with E-state index < -0.39 is 0 Å². The molecule has 0 bridgehead atoms. The number of hydrogen-bond donors (Lipinski definition) is 0. The normalized spacial score (nSPS) is 11.8. The SMILES string of the molecule is Cc1ncn(CCC(C)(C)C)c(=O)c1Br. The van der Waals surface area contributed by atoms with E-state index in [1.807, 2.05) is 6.92 Å². The Labute approximate surface area is 98.7 Å². The zero-order valence-electron chi connectivity index (χ0n) is 9.67. The van der Waals surface area contributed by atoms with Crippen molar-refractivity contribution < 1.29 is 0 Å². The Morgan fingerprint density at radius 2 is 2.07 bits per heavy atom. The second-order valence-electron chi connectivity index (χ2n) is 4.95. The lowest BCUT2D eigenvalue weighted by Gasteiger charge is -2.18. The number of rotatable bonds is 2. The van der Waals surface area contributed by atoms with E-state index in [4.69, 9.17) is 0 Å². The minimum atomic E-state index is 0.00625. The van der Waals surface area contributed by atoms with Crippen LogP contribution in [-0.2, 0) is 6.54 Å². The van der Waals surface area contributed by atoms with Crippen LogP contribution in [0.5, 0.6) is 0 Å². The third-order valence-corrected chi connectivity index (χ3v) is 3.17. The van der Waals surface area contributed by atoms with Gasteiger partial charge in [-0.05, 0) is 34.7 Å². The molecule has 0 spiro atoms. The molecule has 3 nitrogen and oxygen atoms in total. The Balaban J connectivity index is 2.89. The molecule has 84 valence electrons. The van der Waals surface area contributed by atoms with Crippen molar-refractivity contribution in [3.05, 3.63) is 26.8 Å². The average molecular weight is 273 g/mol. The smallest absolute Gasteiger partial charge is 0.267 e. The van der Waals surface area contributed by atoms with Gasteiger partial charge in [0.05, 0.1) is 12.0 Å². The molecule has 4 heteroatoms. The summed E-state index contributed by atoms with van der Waals surface area (Å²) < 4.78 is 2.22. The topological polar surface area (TPSA) is 34.9 Å². The Bertz CT molecular complexity index is 404. The van der Waals surface area contributed by atoms with E-state index in [0.717, 1.165) is 12.1 Å². The molecule has 0 aliphatic rings. The van der Waals surface area contributed by atoms with Crippen molar-refractivity contribution in [2.75, 3.05) is 0 Å². The first-order valence-electron chi connectivity index (χ1n) is 5.03. The first-order chi connectivity index (χ1) is 6.81. The van der Waals surface area contributed by atoms with Crippen molar-refractivity contribution in [1.29, 1.82) is 0 Å². The molecular weight excluding hydrogens is 256 g/mol. The monoisotopic (exact) mass is 272 g/mol. The highest BCUT2D eigenvalue weighted by Gasteiger charge is 2.11. The van der Waals surface area contributed by atoms with E-state index in [0.29, 0.717) is 11.0 Å². The number of hydrogen-bond acceptors (Lipinski definition) is 2. The van der Waals surface area contributed by atoms with E-state index in [2.05, 4.69) is 41.7 Å². The summed E-state index contributed by atoms with van der Waals surface area (Å²) in [5, 5.41) is 0. The van der Waals surface area contributed by atoms with Crippen LogP contribution in [0.1, 0.15) is 32.9 Å². The highest BCUT2D eigenvalue weighted by atomic mass is 79.9. The van der Waals surface area contributed by atoms with Crippen molar-refractivity contribution >= 4 is 15.9 Å². The summed E-state index contributed by atoms with van der Waals surface area (Å²) in [6, 6.07) is 0. The first kappa shape index (κ1) is 12.4. The lowest BCUT2D eigenvalue weighted by Crippen LogP contribution is -2.24. The maximum absolute atomic E-state index is 11.8. The Kier molecular flexibility index (Phi) is 3.71. The van der Waals surface area contributed by atoms with Crippen LogP contribution in [0.25, 0.3) is 0 Å². The van der Waals surface area contributed by atoms with Crippen molar-refractivity contribution in [2.24, 2.45) is 5.41 Å². The van der Waals surface area contributed by atoms with Gasteiger partial charge in [-0.25, -0.2) is 4.98 Å². The van der Waals surface area contributed by atoms with Gasteiger partial charge < -0.3 is 0 Å². The molecule has 0 aliphatic heterocycles. The average Bonchev–Trinajstić information content (AvgIpc) is 2.12. The summed E-state index contributed by atoms with van der Waals surface area (Å²) >= 11 is 3.25. The molecule has 15 heavy (non-hydrogen) atoms. The van der Waals surface area contributed by atoms with Crippen LogP contribution < -0.4 is 5.56 Å². The molecule has 0 aliphatic carbocycles. The zero-order valence-corrected chi connectivity index (χ0v) is 11.3. The predicted molar refractivity (Wildman–Crippen MR) is 65.0 cm³/mol. The largest absolute Gasteiger partial charge is 0.298 e.